The summed E-state index contributed by atoms with van der Waals surface area (Å²) in [6.07, 6.45) is 0. The van der Waals surface area contributed by atoms with Crippen LogP contribution in [0.1, 0.15) is 0 Å². The van der Waals surface area contributed by atoms with Crippen LogP contribution in [0, 0.1) is 5.82 Å². The third-order valence-electron chi connectivity index (χ3n) is 2.55. The fraction of sp³-hybridized carbons (Fsp3) is 0. The van der Waals surface area contributed by atoms with Crippen molar-refractivity contribution >= 4 is 27.0 Å². The molecule has 3 aromatic rings. The van der Waals surface area contributed by atoms with Crippen LogP contribution in [0.5, 0.6) is 5.75 Å². The molecule has 0 atom stereocenters. The number of hydrogen-bond donors (Lipinski definition) is 1. The van der Waals surface area contributed by atoms with Crippen LogP contribution in [-0.2, 0) is 0 Å². The molecule has 0 saturated heterocycles. The zero-order valence-corrected chi connectivity index (χ0v) is 10.6. The van der Waals surface area contributed by atoms with Crippen molar-refractivity contribution in [3.8, 4) is 17.2 Å². The van der Waals surface area contributed by atoms with Crippen LogP contribution in [0.3, 0.4) is 0 Å². The minimum atomic E-state index is -0.572. The summed E-state index contributed by atoms with van der Waals surface area (Å²) < 4.78 is 20.0. The smallest absolute Gasteiger partial charge is 0.230 e. The monoisotopic (exact) mass is 307 g/mol. The molecule has 1 N–H and O–H groups in total. The molecule has 0 saturated carbocycles. The maximum atomic E-state index is 13.7. The maximum absolute atomic E-state index is 13.7. The second kappa shape index (κ2) is 4.10. The Hall–Kier alpha value is -1.88. The minimum absolute atomic E-state index is 0.131. The van der Waals surface area contributed by atoms with E-state index in [1.54, 1.807) is 6.07 Å². The summed E-state index contributed by atoms with van der Waals surface area (Å²) in [5, 5.41) is 9.17. The Morgan fingerprint density at radius 1 is 1.22 bits per heavy atom. The highest BCUT2D eigenvalue weighted by molar-refractivity contribution is 9.10. The van der Waals surface area contributed by atoms with Crippen molar-refractivity contribution in [1.29, 1.82) is 0 Å². The van der Waals surface area contributed by atoms with E-state index in [4.69, 9.17) is 9.52 Å². The molecule has 90 valence electrons. The van der Waals surface area contributed by atoms with E-state index >= 15 is 0 Å². The van der Waals surface area contributed by atoms with E-state index in [1.807, 2.05) is 12.1 Å². The number of aromatic hydroxyl groups is 1. The second-order valence-electron chi connectivity index (χ2n) is 3.77. The Morgan fingerprint density at radius 3 is 2.78 bits per heavy atom. The first-order valence-corrected chi connectivity index (χ1v) is 5.98. The lowest BCUT2D eigenvalue weighted by atomic mass is 10.2. The fourth-order valence-electron chi connectivity index (χ4n) is 1.71. The summed E-state index contributed by atoms with van der Waals surface area (Å²) in [6, 6.07) is 9.28. The van der Waals surface area contributed by atoms with Gasteiger partial charge in [0.25, 0.3) is 0 Å². The molecule has 0 unspecified atom stereocenters. The summed E-state index contributed by atoms with van der Waals surface area (Å²) >= 11 is 3.35. The van der Waals surface area contributed by atoms with Gasteiger partial charge >= 0.3 is 0 Å². The molecule has 0 spiro atoms. The standard InChI is InChI=1S/C13H7BrFNO2/c14-9-2-1-3-11-12(9)18-13(16-11)8-5-4-7(17)6-10(8)15/h1-6,17H. The highest BCUT2D eigenvalue weighted by Gasteiger charge is 2.14. The SMILES string of the molecule is Oc1ccc(-c2nc3cccc(Br)c3o2)c(F)c1. The number of aromatic nitrogens is 1. The summed E-state index contributed by atoms with van der Waals surface area (Å²) in [4.78, 5) is 4.22. The molecule has 3 nitrogen and oxygen atoms in total. The molecule has 0 aliphatic carbocycles. The van der Waals surface area contributed by atoms with Gasteiger partial charge in [0, 0.05) is 6.07 Å². The van der Waals surface area contributed by atoms with Gasteiger partial charge < -0.3 is 9.52 Å². The third kappa shape index (κ3) is 1.76. The lowest BCUT2D eigenvalue weighted by molar-refractivity contribution is 0.469. The number of phenols is 1. The zero-order chi connectivity index (χ0) is 12.7. The highest BCUT2D eigenvalue weighted by Crippen LogP contribution is 2.31. The van der Waals surface area contributed by atoms with Crippen LogP contribution in [0.2, 0.25) is 0 Å². The molecule has 5 heteroatoms. The molecule has 1 heterocycles. The predicted molar refractivity (Wildman–Crippen MR) is 68.8 cm³/mol. The van der Waals surface area contributed by atoms with E-state index in [1.165, 1.54) is 12.1 Å². The van der Waals surface area contributed by atoms with Crippen LogP contribution in [0.25, 0.3) is 22.6 Å². The van der Waals surface area contributed by atoms with Gasteiger partial charge in [-0.3, -0.25) is 0 Å². The molecular weight excluding hydrogens is 301 g/mol. The first kappa shape index (κ1) is 11.2. The van der Waals surface area contributed by atoms with Gasteiger partial charge in [0.2, 0.25) is 5.89 Å². The Kier molecular flexibility index (Phi) is 2.56. The van der Waals surface area contributed by atoms with Gasteiger partial charge in [-0.15, -0.1) is 0 Å². The lowest BCUT2D eigenvalue weighted by Crippen LogP contribution is -1.83. The number of benzene rings is 2. The Morgan fingerprint density at radius 2 is 2.06 bits per heavy atom. The predicted octanol–water partition coefficient (Wildman–Crippen LogP) is 4.10. The van der Waals surface area contributed by atoms with Crippen molar-refractivity contribution < 1.29 is 13.9 Å². The summed E-state index contributed by atoms with van der Waals surface area (Å²) in [7, 11) is 0. The number of phenolic OH excluding ortho intramolecular Hbond substituents is 1. The fourth-order valence-corrected chi connectivity index (χ4v) is 2.14. The van der Waals surface area contributed by atoms with Crippen LogP contribution in [0.15, 0.2) is 45.3 Å². The molecule has 0 amide bonds. The first-order valence-electron chi connectivity index (χ1n) is 5.19. The van der Waals surface area contributed by atoms with Gasteiger partial charge in [0.1, 0.15) is 17.1 Å². The topological polar surface area (TPSA) is 46.3 Å². The average molecular weight is 308 g/mol. The normalized spacial score (nSPS) is 11.0. The number of nitrogens with zero attached hydrogens (tertiary/aromatic N) is 1. The van der Waals surface area contributed by atoms with Gasteiger partial charge in [-0.25, -0.2) is 9.37 Å². The van der Waals surface area contributed by atoms with Crippen molar-refractivity contribution in [2.45, 2.75) is 0 Å². The van der Waals surface area contributed by atoms with E-state index in [0.717, 1.165) is 10.5 Å². The van der Waals surface area contributed by atoms with E-state index in [9.17, 15) is 4.39 Å². The van der Waals surface area contributed by atoms with Crippen molar-refractivity contribution in [2.24, 2.45) is 0 Å². The first-order chi connectivity index (χ1) is 8.65. The Balaban J connectivity index is 2.23. The molecule has 0 fully saturated rings. The second-order valence-corrected chi connectivity index (χ2v) is 4.63. The number of hydrogen-bond acceptors (Lipinski definition) is 3. The maximum Gasteiger partial charge on any atom is 0.230 e. The van der Waals surface area contributed by atoms with Crippen molar-refractivity contribution in [3.05, 3.63) is 46.7 Å². The third-order valence-corrected chi connectivity index (χ3v) is 3.17. The summed E-state index contributed by atoms with van der Waals surface area (Å²) in [6.45, 7) is 0. The summed E-state index contributed by atoms with van der Waals surface area (Å²) in [5.41, 5.74) is 1.43. The van der Waals surface area contributed by atoms with Crippen LogP contribution >= 0.6 is 15.9 Å². The molecule has 3 rings (SSSR count). The van der Waals surface area contributed by atoms with E-state index < -0.39 is 5.82 Å². The van der Waals surface area contributed by atoms with Crippen molar-refractivity contribution in [1.82, 2.24) is 4.98 Å². The van der Waals surface area contributed by atoms with Crippen LogP contribution in [-0.4, -0.2) is 10.1 Å². The Bertz CT molecular complexity index is 739. The molecule has 1 aromatic heterocycles. The molecule has 0 aliphatic rings. The van der Waals surface area contributed by atoms with E-state index in [2.05, 4.69) is 20.9 Å². The highest BCUT2D eigenvalue weighted by atomic mass is 79.9. The molecule has 2 aromatic carbocycles. The largest absolute Gasteiger partial charge is 0.508 e. The van der Waals surface area contributed by atoms with Gasteiger partial charge in [-0.2, -0.15) is 0 Å². The van der Waals surface area contributed by atoms with E-state index in [-0.39, 0.29) is 17.2 Å². The number of para-hydroxylation sites is 1. The molecule has 18 heavy (non-hydrogen) atoms. The quantitative estimate of drug-likeness (QED) is 0.736. The minimum Gasteiger partial charge on any atom is -0.508 e. The van der Waals surface area contributed by atoms with Crippen molar-refractivity contribution in [2.75, 3.05) is 0 Å². The molecule has 0 aliphatic heterocycles. The molecule has 0 bridgehead atoms. The number of oxazole rings is 1. The van der Waals surface area contributed by atoms with Crippen molar-refractivity contribution in [3.63, 3.8) is 0 Å². The molecular formula is C13H7BrFNO2. The van der Waals surface area contributed by atoms with E-state index in [0.29, 0.717) is 11.1 Å². The Labute approximate surface area is 110 Å². The van der Waals surface area contributed by atoms with Gasteiger partial charge in [-0.05, 0) is 40.2 Å². The van der Waals surface area contributed by atoms with Gasteiger partial charge in [-0.1, -0.05) is 6.07 Å². The molecule has 0 radical (unpaired) electrons. The number of fused-ring (bicyclic) bond motifs is 1. The lowest BCUT2D eigenvalue weighted by Gasteiger charge is -1.98. The van der Waals surface area contributed by atoms with Gasteiger partial charge in [0.05, 0.1) is 10.0 Å². The number of halogens is 2. The van der Waals surface area contributed by atoms with Crippen LogP contribution < -0.4 is 0 Å². The number of rotatable bonds is 1. The average Bonchev–Trinajstić information content (AvgIpc) is 2.74. The van der Waals surface area contributed by atoms with Crippen LogP contribution in [0.4, 0.5) is 4.39 Å². The zero-order valence-electron chi connectivity index (χ0n) is 9.02. The summed E-state index contributed by atoms with van der Waals surface area (Å²) in [5.74, 6) is -0.513. The van der Waals surface area contributed by atoms with Gasteiger partial charge in [0.15, 0.2) is 5.58 Å².